The largest absolute Gasteiger partial charge is 0.284 e. The summed E-state index contributed by atoms with van der Waals surface area (Å²) < 4.78 is 2.29. The highest BCUT2D eigenvalue weighted by molar-refractivity contribution is 6.09. The van der Waals surface area contributed by atoms with Crippen LogP contribution in [0, 0.1) is 0 Å². The highest BCUT2D eigenvalue weighted by Gasteiger charge is 2.28. The van der Waals surface area contributed by atoms with Crippen LogP contribution in [-0.2, 0) is 0 Å². The van der Waals surface area contributed by atoms with Gasteiger partial charge in [0, 0.05) is 29.1 Å². The van der Waals surface area contributed by atoms with Crippen LogP contribution in [0.25, 0.3) is 0 Å². The van der Waals surface area contributed by atoms with E-state index in [1.807, 2.05) is 30.3 Å². The average Bonchev–Trinajstić information content (AvgIpc) is 2.84. The van der Waals surface area contributed by atoms with Crippen molar-refractivity contribution in [1.82, 2.24) is 0 Å². The first kappa shape index (κ1) is 19.0. The molecule has 0 amide bonds. The lowest BCUT2D eigenvalue weighted by atomic mass is 10.0. The van der Waals surface area contributed by atoms with E-state index in [4.69, 9.17) is 4.99 Å². The maximum Gasteiger partial charge on any atom is 0.228 e. The van der Waals surface area contributed by atoms with Crippen LogP contribution in [0.2, 0.25) is 0 Å². The zero-order chi connectivity index (χ0) is 21.0. The first-order valence-electron chi connectivity index (χ1n) is 10.5. The van der Waals surface area contributed by atoms with Crippen molar-refractivity contribution in [3.63, 3.8) is 0 Å². The summed E-state index contributed by atoms with van der Waals surface area (Å²) in [4.78, 5) is 7.28. The van der Waals surface area contributed by atoms with Crippen LogP contribution in [0.4, 0.5) is 22.7 Å². The molecule has 1 heterocycles. The van der Waals surface area contributed by atoms with E-state index in [1.165, 1.54) is 16.9 Å². The van der Waals surface area contributed by atoms with Crippen LogP contribution in [0.5, 0.6) is 0 Å². The van der Waals surface area contributed by atoms with Crippen molar-refractivity contribution in [2.24, 2.45) is 4.99 Å². The molecule has 0 spiro atoms. The lowest BCUT2D eigenvalue weighted by Crippen LogP contribution is -2.33. The van der Waals surface area contributed by atoms with Gasteiger partial charge in [-0.3, -0.25) is 9.89 Å². The molecular formula is C28H24N3+. The van der Waals surface area contributed by atoms with Crippen LogP contribution >= 0.6 is 0 Å². The van der Waals surface area contributed by atoms with E-state index in [1.54, 1.807) is 0 Å². The number of rotatable bonds is 4. The van der Waals surface area contributed by atoms with Crippen molar-refractivity contribution < 1.29 is 4.58 Å². The van der Waals surface area contributed by atoms with Gasteiger partial charge in [0.2, 0.25) is 12.4 Å². The van der Waals surface area contributed by atoms with E-state index in [9.17, 15) is 0 Å². The van der Waals surface area contributed by atoms with E-state index in [2.05, 4.69) is 101 Å². The Morgan fingerprint density at radius 3 is 2.10 bits per heavy atom. The van der Waals surface area contributed by atoms with E-state index in [-0.39, 0.29) is 0 Å². The molecule has 31 heavy (non-hydrogen) atoms. The summed E-state index contributed by atoms with van der Waals surface area (Å²) >= 11 is 0. The van der Waals surface area contributed by atoms with Crippen LogP contribution in [0.1, 0.15) is 18.1 Å². The molecule has 0 bridgehead atoms. The molecule has 0 unspecified atom stereocenters. The van der Waals surface area contributed by atoms with Crippen LogP contribution < -0.4 is 4.90 Å². The molecule has 0 N–H and O–H groups in total. The Labute approximate surface area is 183 Å². The van der Waals surface area contributed by atoms with Gasteiger partial charge >= 0.3 is 0 Å². The first-order valence-corrected chi connectivity index (χ1v) is 10.5. The minimum absolute atomic E-state index is 0.733. The van der Waals surface area contributed by atoms with Gasteiger partial charge in [0.15, 0.2) is 6.21 Å². The molecular weight excluding hydrogens is 378 g/mol. The summed E-state index contributed by atoms with van der Waals surface area (Å²) in [6.45, 7) is 2.83. The van der Waals surface area contributed by atoms with Crippen LogP contribution in [0.3, 0.4) is 0 Å². The Bertz CT molecular complexity index is 1240. The zero-order valence-corrected chi connectivity index (χ0v) is 17.5. The van der Waals surface area contributed by atoms with Gasteiger partial charge in [-0.05, 0) is 37.3 Å². The molecule has 0 radical (unpaired) electrons. The SMILES string of the molecule is CC(=Nc1ccccc1)c1cccc2c1N(c1ccccc1)C[N+](c1ccccc1)=C2. The standard InChI is InChI=1S/C28H24N3/c1-22(29-24-13-5-2-6-14-24)27-19-11-12-23-20-30(25-15-7-3-8-16-25)21-31(28(23)27)26-17-9-4-10-18-26/h2-20H,21H2,1H3/q+1. The third kappa shape index (κ3) is 3.90. The zero-order valence-electron chi connectivity index (χ0n) is 17.5. The lowest BCUT2D eigenvalue weighted by molar-refractivity contribution is -0.434. The van der Waals surface area contributed by atoms with E-state index in [0.29, 0.717) is 0 Å². The molecule has 3 nitrogen and oxygen atoms in total. The fraction of sp³-hybridized carbons (Fsp3) is 0.0714. The summed E-state index contributed by atoms with van der Waals surface area (Å²) in [6.07, 6.45) is 2.24. The molecule has 0 saturated heterocycles. The number of para-hydroxylation sites is 4. The fourth-order valence-electron chi connectivity index (χ4n) is 4.04. The number of benzene rings is 4. The molecule has 5 rings (SSSR count). The number of fused-ring (bicyclic) bond motifs is 1. The van der Waals surface area contributed by atoms with Crippen molar-refractivity contribution in [1.29, 1.82) is 0 Å². The topological polar surface area (TPSA) is 18.6 Å². The molecule has 0 saturated carbocycles. The molecule has 0 aliphatic carbocycles. The second-order valence-electron chi connectivity index (χ2n) is 7.62. The molecule has 4 aromatic carbocycles. The third-order valence-electron chi connectivity index (χ3n) is 5.52. The molecule has 1 aliphatic heterocycles. The van der Waals surface area contributed by atoms with Gasteiger partial charge in [0.25, 0.3) is 0 Å². The van der Waals surface area contributed by atoms with Gasteiger partial charge in [0.05, 0.1) is 16.9 Å². The van der Waals surface area contributed by atoms with Crippen molar-refractivity contribution in [2.45, 2.75) is 6.92 Å². The first-order chi connectivity index (χ1) is 15.3. The molecule has 1 aliphatic rings. The van der Waals surface area contributed by atoms with E-state index < -0.39 is 0 Å². The van der Waals surface area contributed by atoms with Gasteiger partial charge in [-0.1, -0.05) is 66.7 Å². The molecule has 0 aromatic heterocycles. The molecule has 0 fully saturated rings. The summed E-state index contributed by atoms with van der Waals surface area (Å²) in [7, 11) is 0. The monoisotopic (exact) mass is 402 g/mol. The normalized spacial score (nSPS) is 13.5. The number of anilines is 2. The van der Waals surface area contributed by atoms with E-state index in [0.717, 1.165) is 29.3 Å². The molecule has 3 heteroatoms. The predicted molar refractivity (Wildman–Crippen MR) is 130 cm³/mol. The second kappa shape index (κ2) is 8.41. The summed E-state index contributed by atoms with van der Waals surface area (Å²) in [5.41, 5.74) is 7.83. The van der Waals surface area contributed by atoms with Crippen molar-refractivity contribution in [3.8, 4) is 0 Å². The Hall–Kier alpha value is -3.98. The predicted octanol–water partition coefficient (Wildman–Crippen LogP) is 6.70. The quantitative estimate of drug-likeness (QED) is 0.274. The highest BCUT2D eigenvalue weighted by atomic mass is 15.3. The summed E-state index contributed by atoms with van der Waals surface area (Å²) in [6, 6.07) is 37.7. The minimum atomic E-state index is 0.733. The van der Waals surface area contributed by atoms with Gasteiger partial charge in [-0.2, -0.15) is 4.58 Å². The van der Waals surface area contributed by atoms with Crippen molar-refractivity contribution in [2.75, 3.05) is 11.6 Å². The van der Waals surface area contributed by atoms with Gasteiger partial charge < -0.3 is 0 Å². The van der Waals surface area contributed by atoms with Crippen molar-refractivity contribution in [3.05, 3.63) is 120 Å². The minimum Gasteiger partial charge on any atom is -0.284 e. The Morgan fingerprint density at radius 2 is 1.39 bits per heavy atom. The third-order valence-corrected chi connectivity index (χ3v) is 5.52. The maximum absolute atomic E-state index is 4.91. The lowest BCUT2D eigenvalue weighted by Gasteiger charge is -2.29. The smallest absolute Gasteiger partial charge is 0.228 e. The average molecular weight is 403 g/mol. The number of hydrogen-bond acceptors (Lipinski definition) is 2. The number of nitrogens with zero attached hydrogens (tertiary/aromatic N) is 3. The van der Waals surface area contributed by atoms with Gasteiger partial charge in [-0.15, -0.1) is 0 Å². The Kier molecular flexibility index (Phi) is 5.16. The fourth-order valence-corrected chi connectivity index (χ4v) is 4.04. The van der Waals surface area contributed by atoms with E-state index >= 15 is 0 Å². The number of aliphatic imine (C=N–C) groups is 1. The van der Waals surface area contributed by atoms with Gasteiger partial charge in [0.1, 0.15) is 0 Å². The Morgan fingerprint density at radius 1 is 0.742 bits per heavy atom. The molecule has 4 aromatic rings. The Balaban J connectivity index is 1.68. The van der Waals surface area contributed by atoms with Crippen LogP contribution in [-0.4, -0.2) is 23.2 Å². The van der Waals surface area contributed by atoms with Gasteiger partial charge in [-0.25, -0.2) is 0 Å². The van der Waals surface area contributed by atoms with Crippen molar-refractivity contribution >= 4 is 34.7 Å². The molecule has 0 atom stereocenters. The highest BCUT2D eigenvalue weighted by Crippen LogP contribution is 2.35. The molecule has 150 valence electrons. The summed E-state index contributed by atoms with van der Waals surface area (Å²) in [5, 5.41) is 0. The van der Waals surface area contributed by atoms with Crippen LogP contribution in [0.15, 0.2) is 114 Å². The second-order valence-corrected chi connectivity index (χ2v) is 7.62. The summed E-state index contributed by atoms with van der Waals surface area (Å²) in [5.74, 6) is 0. The number of hydrogen-bond donors (Lipinski definition) is 0. The maximum atomic E-state index is 4.91.